The molecule has 2 aromatic carbocycles. The lowest BCUT2D eigenvalue weighted by atomic mass is 10.1. The fraction of sp³-hybridized carbons (Fsp3) is 0.188. The Morgan fingerprint density at radius 1 is 1.09 bits per heavy atom. The summed E-state index contributed by atoms with van der Waals surface area (Å²) < 4.78 is 22.0. The molecule has 0 spiro atoms. The average Bonchev–Trinajstić information content (AvgIpc) is 2.46. The molecule has 0 aliphatic heterocycles. The Hall–Kier alpha value is -1.89. The largest absolute Gasteiger partial charge is 0.326 e. The Morgan fingerprint density at radius 3 is 2.39 bits per heavy atom. The first kappa shape index (κ1) is 17.5. The minimum atomic E-state index is -3.55. The van der Waals surface area contributed by atoms with Crippen molar-refractivity contribution >= 4 is 33.2 Å². The summed E-state index contributed by atoms with van der Waals surface area (Å²) in [5.74, 6) is -0.347. The van der Waals surface area contributed by atoms with Crippen molar-refractivity contribution in [1.82, 2.24) is 0 Å². The first-order valence-corrected chi connectivity index (χ1v) is 9.05. The van der Waals surface area contributed by atoms with Gasteiger partial charge >= 0.3 is 0 Å². The van der Waals surface area contributed by atoms with Crippen LogP contribution in [0.15, 0.2) is 48.5 Å². The van der Waals surface area contributed by atoms with Crippen molar-refractivity contribution in [3.63, 3.8) is 0 Å². The van der Waals surface area contributed by atoms with Crippen molar-refractivity contribution in [2.24, 2.45) is 5.14 Å². The Labute approximate surface area is 140 Å². The second-order valence-corrected chi connectivity index (χ2v) is 7.23. The van der Waals surface area contributed by atoms with E-state index in [1.807, 2.05) is 18.2 Å². The summed E-state index contributed by atoms with van der Waals surface area (Å²) in [4.78, 5) is 11.9. The van der Waals surface area contributed by atoms with E-state index in [9.17, 15) is 13.2 Å². The number of hydrogen-bond acceptors (Lipinski definition) is 3. The minimum Gasteiger partial charge on any atom is -0.326 e. The van der Waals surface area contributed by atoms with Gasteiger partial charge in [-0.15, -0.1) is 0 Å². The SMILES string of the molecule is NS(=O)(=O)Cc1ccc(NC(=O)CCc2cccc(Cl)c2)cc1. The van der Waals surface area contributed by atoms with Gasteiger partial charge in [-0.1, -0.05) is 35.9 Å². The molecule has 122 valence electrons. The third-order valence-corrected chi connectivity index (χ3v) is 4.11. The Morgan fingerprint density at radius 2 is 1.78 bits per heavy atom. The van der Waals surface area contributed by atoms with Crippen LogP contribution in [0.1, 0.15) is 17.5 Å². The van der Waals surface area contributed by atoms with Gasteiger partial charge in [0.1, 0.15) is 0 Å². The molecule has 5 nitrogen and oxygen atoms in total. The number of carbonyl (C=O) groups is 1. The zero-order valence-corrected chi connectivity index (χ0v) is 13.9. The standard InChI is InChI=1S/C16H17ClN2O3S/c17-14-3-1-2-12(10-14)6-9-16(20)19-15-7-4-13(5-8-15)11-23(18,21)22/h1-5,7-8,10H,6,9,11H2,(H,19,20)(H2,18,21,22). The molecular weight excluding hydrogens is 336 g/mol. The van der Waals surface area contributed by atoms with Crippen LogP contribution in [0, 0.1) is 0 Å². The highest BCUT2D eigenvalue weighted by atomic mass is 35.5. The first-order valence-electron chi connectivity index (χ1n) is 6.95. The molecule has 7 heteroatoms. The molecule has 0 atom stereocenters. The van der Waals surface area contributed by atoms with E-state index in [0.29, 0.717) is 29.1 Å². The highest BCUT2D eigenvalue weighted by molar-refractivity contribution is 7.88. The molecule has 0 fully saturated rings. The fourth-order valence-electron chi connectivity index (χ4n) is 2.09. The lowest BCUT2D eigenvalue weighted by Crippen LogP contribution is -2.15. The summed E-state index contributed by atoms with van der Waals surface area (Å²) in [7, 11) is -3.55. The van der Waals surface area contributed by atoms with Gasteiger partial charge in [0.2, 0.25) is 15.9 Å². The summed E-state index contributed by atoms with van der Waals surface area (Å²) in [6.45, 7) is 0. The van der Waals surface area contributed by atoms with Gasteiger partial charge in [-0.25, -0.2) is 13.6 Å². The van der Waals surface area contributed by atoms with Crippen LogP contribution in [0.4, 0.5) is 5.69 Å². The number of sulfonamides is 1. The van der Waals surface area contributed by atoms with Crippen molar-refractivity contribution < 1.29 is 13.2 Å². The molecule has 0 bridgehead atoms. The maximum absolute atomic E-state index is 11.9. The van der Waals surface area contributed by atoms with Crippen LogP contribution in [0.3, 0.4) is 0 Å². The quantitative estimate of drug-likeness (QED) is 0.837. The molecule has 0 saturated heterocycles. The minimum absolute atomic E-state index is 0.121. The molecule has 1 amide bonds. The number of nitrogens with one attached hydrogen (secondary N) is 1. The highest BCUT2D eigenvalue weighted by Gasteiger charge is 2.06. The number of rotatable bonds is 6. The lowest BCUT2D eigenvalue weighted by Gasteiger charge is -2.07. The van der Waals surface area contributed by atoms with Crippen LogP contribution >= 0.6 is 11.6 Å². The van der Waals surface area contributed by atoms with Crippen LogP contribution < -0.4 is 10.5 Å². The van der Waals surface area contributed by atoms with E-state index in [-0.39, 0.29) is 11.7 Å². The topological polar surface area (TPSA) is 89.3 Å². The van der Waals surface area contributed by atoms with Crippen LogP contribution in [-0.4, -0.2) is 14.3 Å². The fourth-order valence-corrected chi connectivity index (χ4v) is 2.96. The predicted molar refractivity (Wildman–Crippen MR) is 91.7 cm³/mol. The van der Waals surface area contributed by atoms with Crippen molar-refractivity contribution in [2.75, 3.05) is 5.32 Å². The predicted octanol–water partition coefficient (Wildman–Crippen LogP) is 2.70. The molecule has 23 heavy (non-hydrogen) atoms. The highest BCUT2D eigenvalue weighted by Crippen LogP contribution is 2.14. The Kier molecular flexibility index (Phi) is 5.76. The molecule has 0 aliphatic rings. The second kappa shape index (κ2) is 7.59. The first-order chi connectivity index (χ1) is 10.8. The molecular formula is C16H17ClN2O3S. The van der Waals surface area contributed by atoms with Gasteiger partial charge in [-0.2, -0.15) is 0 Å². The van der Waals surface area contributed by atoms with E-state index in [1.165, 1.54) is 0 Å². The van der Waals surface area contributed by atoms with Gasteiger partial charge in [-0.05, 0) is 41.8 Å². The lowest BCUT2D eigenvalue weighted by molar-refractivity contribution is -0.116. The summed E-state index contributed by atoms with van der Waals surface area (Å²) in [5, 5.41) is 8.40. The summed E-state index contributed by atoms with van der Waals surface area (Å²) in [6, 6.07) is 13.9. The maximum Gasteiger partial charge on any atom is 0.224 e. The number of halogens is 1. The van der Waals surface area contributed by atoms with E-state index >= 15 is 0 Å². The van der Waals surface area contributed by atoms with Crippen LogP contribution in [0.25, 0.3) is 0 Å². The van der Waals surface area contributed by atoms with Gasteiger partial charge in [0.05, 0.1) is 5.75 Å². The molecule has 3 N–H and O–H groups in total. The number of anilines is 1. The zero-order valence-electron chi connectivity index (χ0n) is 12.3. The van der Waals surface area contributed by atoms with Crippen molar-refractivity contribution in [2.45, 2.75) is 18.6 Å². The Balaban J connectivity index is 1.87. The number of carbonyl (C=O) groups excluding carboxylic acids is 1. The number of primary sulfonamides is 1. The number of nitrogens with two attached hydrogens (primary N) is 1. The van der Waals surface area contributed by atoms with E-state index in [0.717, 1.165) is 5.56 Å². The zero-order chi connectivity index (χ0) is 16.9. The monoisotopic (exact) mass is 352 g/mol. The number of benzene rings is 2. The van der Waals surface area contributed by atoms with E-state index in [4.69, 9.17) is 16.7 Å². The van der Waals surface area contributed by atoms with Gasteiger partial charge in [0.25, 0.3) is 0 Å². The van der Waals surface area contributed by atoms with Crippen molar-refractivity contribution in [3.05, 3.63) is 64.7 Å². The van der Waals surface area contributed by atoms with E-state index < -0.39 is 10.0 Å². The normalized spacial score (nSPS) is 11.2. The van der Waals surface area contributed by atoms with Crippen molar-refractivity contribution in [1.29, 1.82) is 0 Å². The van der Waals surface area contributed by atoms with Gasteiger partial charge < -0.3 is 5.32 Å². The molecule has 0 radical (unpaired) electrons. The van der Waals surface area contributed by atoms with Crippen LogP contribution in [0.5, 0.6) is 0 Å². The van der Waals surface area contributed by atoms with Gasteiger partial charge in [0, 0.05) is 17.1 Å². The summed E-state index contributed by atoms with van der Waals surface area (Å²) in [6.07, 6.45) is 0.926. The molecule has 2 aromatic rings. The number of aryl methyl sites for hydroxylation is 1. The molecule has 2 rings (SSSR count). The van der Waals surface area contributed by atoms with E-state index in [1.54, 1.807) is 30.3 Å². The third-order valence-electron chi connectivity index (χ3n) is 3.14. The molecule has 0 saturated carbocycles. The smallest absolute Gasteiger partial charge is 0.224 e. The second-order valence-electron chi connectivity index (χ2n) is 5.18. The van der Waals surface area contributed by atoms with Crippen LogP contribution in [0.2, 0.25) is 5.02 Å². The molecule has 0 heterocycles. The molecule has 0 aliphatic carbocycles. The number of amides is 1. The maximum atomic E-state index is 11.9. The van der Waals surface area contributed by atoms with Gasteiger partial charge in [-0.3, -0.25) is 4.79 Å². The summed E-state index contributed by atoms with van der Waals surface area (Å²) >= 11 is 5.90. The van der Waals surface area contributed by atoms with Crippen LogP contribution in [-0.2, 0) is 27.0 Å². The van der Waals surface area contributed by atoms with E-state index in [2.05, 4.69) is 5.32 Å². The molecule has 0 aromatic heterocycles. The summed E-state index contributed by atoms with van der Waals surface area (Å²) in [5.41, 5.74) is 2.18. The molecule has 0 unspecified atom stereocenters. The van der Waals surface area contributed by atoms with Crippen molar-refractivity contribution in [3.8, 4) is 0 Å². The third kappa shape index (κ3) is 6.40. The Bertz CT molecular complexity index is 789. The number of hydrogen-bond donors (Lipinski definition) is 2. The van der Waals surface area contributed by atoms with Gasteiger partial charge in [0.15, 0.2) is 0 Å². The average molecular weight is 353 g/mol.